The first kappa shape index (κ1) is 37.8. The van der Waals surface area contributed by atoms with Crippen LogP contribution in [-0.4, -0.2) is 0 Å². The molecule has 0 N–H and O–H groups in total. The molecule has 12 aromatic carbocycles. The predicted molar refractivity (Wildman–Crippen MR) is 280 cm³/mol. The highest BCUT2D eigenvalue weighted by molar-refractivity contribution is 6.22. The SMILES string of the molecule is c1ccc(-c2c(-c3ccccc3)c3cc(-c4ccccc4N(c4ccc(-c5cc6ccccc6c6ccccc56)cc4)c4cccc5c4oc4ccccc45)ccc3c3ccccc23)cc1. The van der Waals surface area contributed by atoms with Crippen LogP contribution in [0.3, 0.4) is 0 Å². The monoisotopic (exact) mass is 839 g/mol. The fraction of sp³-hybridized carbons (Fsp3) is 0. The van der Waals surface area contributed by atoms with E-state index in [2.05, 4.69) is 248 Å². The Morgan fingerprint density at radius 2 is 0.803 bits per heavy atom. The van der Waals surface area contributed by atoms with Gasteiger partial charge >= 0.3 is 0 Å². The van der Waals surface area contributed by atoms with Gasteiger partial charge in [0.1, 0.15) is 5.58 Å². The maximum atomic E-state index is 6.81. The van der Waals surface area contributed by atoms with Crippen molar-refractivity contribution in [3.8, 4) is 44.5 Å². The Balaban J connectivity index is 1.05. The molecule has 0 saturated carbocycles. The Kier molecular flexibility index (Phi) is 8.89. The van der Waals surface area contributed by atoms with Gasteiger partial charge < -0.3 is 9.32 Å². The Bertz CT molecular complexity index is 3980. The molecule has 0 spiro atoms. The Morgan fingerprint density at radius 3 is 1.56 bits per heavy atom. The van der Waals surface area contributed by atoms with Gasteiger partial charge in [-0.15, -0.1) is 0 Å². The molecule has 0 radical (unpaired) electrons. The first-order valence-corrected chi connectivity index (χ1v) is 22.7. The van der Waals surface area contributed by atoms with Gasteiger partial charge in [0.25, 0.3) is 0 Å². The first-order valence-electron chi connectivity index (χ1n) is 22.7. The lowest BCUT2D eigenvalue weighted by Crippen LogP contribution is -2.11. The van der Waals surface area contributed by atoms with E-state index in [1.54, 1.807) is 0 Å². The van der Waals surface area contributed by atoms with Gasteiger partial charge in [0.15, 0.2) is 5.58 Å². The quantitative estimate of drug-likeness (QED) is 0.149. The summed E-state index contributed by atoms with van der Waals surface area (Å²) in [4.78, 5) is 2.39. The minimum atomic E-state index is 0.849. The average Bonchev–Trinajstić information content (AvgIpc) is 3.78. The molecule has 0 aliphatic heterocycles. The second-order valence-corrected chi connectivity index (χ2v) is 17.1. The van der Waals surface area contributed by atoms with Crippen molar-refractivity contribution in [3.05, 3.63) is 249 Å². The Labute approximate surface area is 382 Å². The predicted octanol–water partition coefficient (Wildman–Crippen LogP) is 18.3. The third kappa shape index (κ3) is 6.11. The van der Waals surface area contributed by atoms with E-state index >= 15 is 0 Å². The standard InChI is InChI=1S/C64H41NO/c1-3-18-43(19-4-1)62-55-29-12-11-26-51(55)53-39-36-46(41-58(53)63(62)44-20-5-2-6-21-44)49-24-13-15-31-59(49)65(60-32-17-30-56-54-28-14-16-33-61(54)66-64(56)60)47-37-34-42(35-38-47)57-40-45-22-7-8-23-48(45)50-25-9-10-27-52(50)57/h1-41H. The van der Waals surface area contributed by atoms with Gasteiger partial charge in [0.2, 0.25) is 0 Å². The fourth-order valence-corrected chi connectivity index (χ4v) is 10.5. The number of benzene rings is 12. The molecule has 308 valence electrons. The van der Waals surface area contributed by atoms with Crippen LogP contribution in [-0.2, 0) is 0 Å². The fourth-order valence-electron chi connectivity index (χ4n) is 10.5. The minimum absolute atomic E-state index is 0.849. The molecule has 1 aromatic heterocycles. The first-order chi connectivity index (χ1) is 32.8. The molecule has 0 aliphatic rings. The number of para-hydroxylation sites is 3. The van der Waals surface area contributed by atoms with Crippen molar-refractivity contribution in [2.24, 2.45) is 0 Å². The summed E-state index contributed by atoms with van der Waals surface area (Å²) in [5.74, 6) is 0. The van der Waals surface area contributed by atoms with Crippen LogP contribution in [0.4, 0.5) is 17.1 Å². The second kappa shape index (κ2) is 15.5. The van der Waals surface area contributed by atoms with Gasteiger partial charge in [-0.25, -0.2) is 0 Å². The number of hydrogen-bond acceptors (Lipinski definition) is 2. The molecule has 66 heavy (non-hydrogen) atoms. The summed E-state index contributed by atoms with van der Waals surface area (Å²) in [6.45, 7) is 0. The molecule has 13 aromatic rings. The lowest BCUT2D eigenvalue weighted by molar-refractivity contribution is 0.669. The van der Waals surface area contributed by atoms with Crippen LogP contribution in [0.25, 0.3) is 110 Å². The number of fused-ring (bicyclic) bond motifs is 9. The van der Waals surface area contributed by atoms with Gasteiger partial charge in [-0.2, -0.15) is 0 Å². The Hall–Kier alpha value is -8.72. The third-order valence-corrected chi connectivity index (χ3v) is 13.4. The topological polar surface area (TPSA) is 16.4 Å². The number of rotatable bonds is 7. The van der Waals surface area contributed by atoms with Gasteiger partial charge in [-0.1, -0.05) is 206 Å². The maximum absolute atomic E-state index is 6.81. The molecular weight excluding hydrogens is 799 g/mol. The van der Waals surface area contributed by atoms with Crippen molar-refractivity contribution < 1.29 is 4.42 Å². The van der Waals surface area contributed by atoms with Crippen molar-refractivity contribution in [1.29, 1.82) is 0 Å². The smallest absolute Gasteiger partial charge is 0.159 e. The van der Waals surface area contributed by atoms with Gasteiger partial charge in [0, 0.05) is 22.0 Å². The van der Waals surface area contributed by atoms with Crippen LogP contribution in [0.15, 0.2) is 253 Å². The molecule has 0 atom stereocenters. The third-order valence-electron chi connectivity index (χ3n) is 13.4. The van der Waals surface area contributed by atoms with E-state index < -0.39 is 0 Å². The van der Waals surface area contributed by atoms with Gasteiger partial charge in [0.05, 0.1) is 11.4 Å². The van der Waals surface area contributed by atoms with E-state index in [0.29, 0.717) is 0 Å². The van der Waals surface area contributed by atoms with Gasteiger partial charge in [-0.05, 0) is 124 Å². The number of hydrogen-bond donors (Lipinski definition) is 0. The average molecular weight is 840 g/mol. The maximum Gasteiger partial charge on any atom is 0.159 e. The van der Waals surface area contributed by atoms with E-state index in [0.717, 1.165) is 50.1 Å². The summed E-state index contributed by atoms with van der Waals surface area (Å²) in [5.41, 5.74) is 14.3. The van der Waals surface area contributed by atoms with Crippen molar-refractivity contribution in [2.45, 2.75) is 0 Å². The summed E-state index contributed by atoms with van der Waals surface area (Å²) in [6.07, 6.45) is 0. The molecule has 0 unspecified atom stereocenters. The second-order valence-electron chi connectivity index (χ2n) is 17.1. The summed E-state index contributed by atoms with van der Waals surface area (Å²) >= 11 is 0. The molecule has 0 fully saturated rings. The number of furan rings is 1. The zero-order valence-electron chi connectivity index (χ0n) is 36.0. The van der Waals surface area contributed by atoms with Crippen molar-refractivity contribution in [3.63, 3.8) is 0 Å². The van der Waals surface area contributed by atoms with Crippen LogP contribution < -0.4 is 4.90 Å². The molecule has 1 heterocycles. The van der Waals surface area contributed by atoms with Crippen LogP contribution in [0.1, 0.15) is 0 Å². The van der Waals surface area contributed by atoms with E-state index in [9.17, 15) is 0 Å². The van der Waals surface area contributed by atoms with Crippen molar-refractivity contribution >= 4 is 82.1 Å². The number of nitrogens with zero attached hydrogens (tertiary/aromatic N) is 1. The van der Waals surface area contributed by atoms with Gasteiger partial charge in [-0.3, -0.25) is 0 Å². The minimum Gasteiger partial charge on any atom is -0.454 e. The van der Waals surface area contributed by atoms with Crippen molar-refractivity contribution in [1.82, 2.24) is 0 Å². The molecular formula is C64H41NO. The highest BCUT2D eigenvalue weighted by Crippen LogP contribution is 2.49. The largest absolute Gasteiger partial charge is 0.454 e. The summed E-state index contributed by atoms with van der Waals surface area (Å²) < 4.78 is 6.81. The van der Waals surface area contributed by atoms with Crippen molar-refractivity contribution in [2.75, 3.05) is 4.90 Å². The normalized spacial score (nSPS) is 11.6. The van der Waals surface area contributed by atoms with E-state index in [1.807, 2.05) is 6.07 Å². The summed E-state index contributed by atoms with van der Waals surface area (Å²) in [7, 11) is 0. The van der Waals surface area contributed by atoms with Crippen LogP contribution in [0, 0.1) is 0 Å². The lowest BCUT2D eigenvalue weighted by atomic mass is 9.84. The number of anilines is 3. The molecule has 0 saturated heterocycles. The Morgan fingerprint density at radius 1 is 0.273 bits per heavy atom. The molecule has 0 bridgehead atoms. The summed E-state index contributed by atoms with van der Waals surface area (Å²) in [6, 6.07) is 90.2. The highest BCUT2D eigenvalue weighted by atomic mass is 16.3. The molecule has 2 nitrogen and oxygen atoms in total. The van der Waals surface area contributed by atoms with E-state index in [-0.39, 0.29) is 0 Å². The molecule has 2 heteroatoms. The highest BCUT2D eigenvalue weighted by Gasteiger charge is 2.24. The molecule has 0 amide bonds. The van der Waals surface area contributed by atoms with Crippen LogP contribution in [0.2, 0.25) is 0 Å². The zero-order chi connectivity index (χ0) is 43.6. The van der Waals surface area contributed by atoms with Crippen LogP contribution >= 0.6 is 0 Å². The van der Waals surface area contributed by atoms with E-state index in [4.69, 9.17) is 4.42 Å². The molecule has 0 aliphatic carbocycles. The van der Waals surface area contributed by atoms with Crippen LogP contribution in [0.5, 0.6) is 0 Å². The molecule has 13 rings (SSSR count). The summed E-state index contributed by atoms with van der Waals surface area (Å²) in [5, 5.41) is 12.1. The lowest BCUT2D eigenvalue weighted by Gasteiger charge is -2.28. The zero-order valence-corrected chi connectivity index (χ0v) is 36.0. The van der Waals surface area contributed by atoms with E-state index in [1.165, 1.54) is 76.5 Å².